The van der Waals surface area contributed by atoms with Crippen LogP contribution in [-0.4, -0.2) is 24.0 Å². The standard InChI is InChI=1S/C8H10O4/c1-8(2)11-6-5(9)3-4-10-7(6)12-8/h3-4,6-7H,1-2H3/t6-,7-/m1/s1. The Morgan fingerprint density at radius 3 is 2.83 bits per heavy atom. The van der Waals surface area contributed by atoms with Crippen LogP contribution in [0.15, 0.2) is 12.3 Å². The highest BCUT2D eigenvalue weighted by Crippen LogP contribution is 2.31. The van der Waals surface area contributed by atoms with E-state index in [2.05, 4.69) is 0 Å². The average Bonchev–Trinajstić information content (AvgIpc) is 2.25. The van der Waals surface area contributed by atoms with Crippen LogP contribution in [0.5, 0.6) is 0 Å². The normalized spacial score (nSPS) is 37.7. The first kappa shape index (κ1) is 7.76. The summed E-state index contributed by atoms with van der Waals surface area (Å²) in [5, 5.41) is 0. The average molecular weight is 170 g/mol. The van der Waals surface area contributed by atoms with Crippen LogP contribution in [0, 0.1) is 0 Å². The summed E-state index contributed by atoms with van der Waals surface area (Å²) < 4.78 is 15.7. The second-order valence-electron chi connectivity index (χ2n) is 3.27. The van der Waals surface area contributed by atoms with Gasteiger partial charge >= 0.3 is 0 Å². The fourth-order valence-electron chi connectivity index (χ4n) is 1.30. The molecule has 1 fully saturated rings. The fraction of sp³-hybridized carbons (Fsp3) is 0.625. The van der Waals surface area contributed by atoms with Crippen molar-refractivity contribution < 1.29 is 19.0 Å². The molecular formula is C8H10O4. The Morgan fingerprint density at radius 2 is 2.17 bits per heavy atom. The molecule has 0 aromatic rings. The van der Waals surface area contributed by atoms with Crippen molar-refractivity contribution in [3.63, 3.8) is 0 Å². The van der Waals surface area contributed by atoms with Crippen LogP contribution in [0.2, 0.25) is 0 Å². The summed E-state index contributed by atoms with van der Waals surface area (Å²) in [5.74, 6) is -0.825. The summed E-state index contributed by atoms with van der Waals surface area (Å²) in [5.41, 5.74) is 0. The van der Waals surface area contributed by atoms with Gasteiger partial charge in [-0.15, -0.1) is 0 Å². The van der Waals surface area contributed by atoms with Gasteiger partial charge in [-0.05, 0) is 13.8 Å². The van der Waals surface area contributed by atoms with Gasteiger partial charge in [0.05, 0.1) is 6.26 Å². The van der Waals surface area contributed by atoms with E-state index in [9.17, 15) is 4.79 Å². The van der Waals surface area contributed by atoms with E-state index in [1.165, 1.54) is 12.3 Å². The molecule has 0 bridgehead atoms. The minimum absolute atomic E-state index is 0.100. The first-order valence-corrected chi connectivity index (χ1v) is 3.80. The van der Waals surface area contributed by atoms with Crippen molar-refractivity contribution in [3.8, 4) is 0 Å². The van der Waals surface area contributed by atoms with Crippen LogP contribution >= 0.6 is 0 Å². The van der Waals surface area contributed by atoms with E-state index in [-0.39, 0.29) is 5.78 Å². The highest BCUT2D eigenvalue weighted by Gasteiger charge is 2.46. The summed E-state index contributed by atoms with van der Waals surface area (Å²) in [6.45, 7) is 3.50. The largest absolute Gasteiger partial charge is 0.469 e. The monoisotopic (exact) mass is 170 g/mol. The molecule has 2 aliphatic rings. The molecule has 0 aliphatic carbocycles. The Morgan fingerprint density at radius 1 is 1.42 bits per heavy atom. The molecule has 0 radical (unpaired) electrons. The second-order valence-corrected chi connectivity index (χ2v) is 3.27. The van der Waals surface area contributed by atoms with Gasteiger partial charge in [0.15, 0.2) is 17.7 Å². The zero-order valence-electron chi connectivity index (χ0n) is 6.94. The number of ketones is 1. The van der Waals surface area contributed by atoms with Gasteiger partial charge in [0.25, 0.3) is 0 Å². The fourth-order valence-corrected chi connectivity index (χ4v) is 1.30. The highest BCUT2D eigenvalue weighted by molar-refractivity contribution is 5.94. The van der Waals surface area contributed by atoms with E-state index in [4.69, 9.17) is 14.2 Å². The van der Waals surface area contributed by atoms with Crippen molar-refractivity contribution in [1.29, 1.82) is 0 Å². The van der Waals surface area contributed by atoms with Gasteiger partial charge in [-0.25, -0.2) is 0 Å². The third-order valence-corrected chi connectivity index (χ3v) is 1.78. The number of rotatable bonds is 0. The van der Waals surface area contributed by atoms with Gasteiger partial charge < -0.3 is 14.2 Å². The van der Waals surface area contributed by atoms with Gasteiger partial charge in [-0.2, -0.15) is 0 Å². The maximum Gasteiger partial charge on any atom is 0.235 e. The minimum atomic E-state index is -0.725. The van der Waals surface area contributed by atoms with Gasteiger partial charge in [0, 0.05) is 6.08 Å². The molecule has 0 aromatic heterocycles. The van der Waals surface area contributed by atoms with Gasteiger partial charge in [-0.1, -0.05) is 0 Å². The molecule has 1 saturated heterocycles. The summed E-state index contributed by atoms with van der Waals surface area (Å²) in [7, 11) is 0. The summed E-state index contributed by atoms with van der Waals surface area (Å²) >= 11 is 0. The Labute approximate surface area is 70.1 Å². The molecule has 4 nitrogen and oxygen atoms in total. The van der Waals surface area contributed by atoms with Crippen molar-refractivity contribution in [2.75, 3.05) is 0 Å². The van der Waals surface area contributed by atoms with Crippen LogP contribution in [-0.2, 0) is 19.0 Å². The Balaban J connectivity index is 2.20. The molecule has 2 heterocycles. The molecule has 2 aliphatic heterocycles. The van der Waals surface area contributed by atoms with E-state index in [1.807, 2.05) is 0 Å². The first-order valence-electron chi connectivity index (χ1n) is 3.80. The van der Waals surface area contributed by atoms with Gasteiger partial charge in [-0.3, -0.25) is 4.79 Å². The Bertz CT molecular complexity index is 243. The molecule has 2 atom stereocenters. The summed E-state index contributed by atoms with van der Waals surface area (Å²) in [6, 6.07) is 0. The van der Waals surface area contributed by atoms with E-state index < -0.39 is 18.2 Å². The third kappa shape index (κ3) is 1.13. The van der Waals surface area contributed by atoms with Gasteiger partial charge in [0.2, 0.25) is 6.29 Å². The quantitative estimate of drug-likeness (QED) is 0.533. The molecular weight excluding hydrogens is 160 g/mol. The molecule has 0 N–H and O–H groups in total. The lowest BCUT2D eigenvalue weighted by Gasteiger charge is -2.17. The zero-order chi connectivity index (χ0) is 8.77. The van der Waals surface area contributed by atoms with Gasteiger partial charge in [0.1, 0.15) is 0 Å². The van der Waals surface area contributed by atoms with Crippen molar-refractivity contribution in [3.05, 3.63) is 12.3 Å². The number of carbonyl (C=O) groups is 1. The number of ether oxygens (including phenoxy) is 3. The Hall–Kier alpha value is -0.870. The maximum absolute atomic E-state index is 11.2. The molecule has 4 heteroatoms. The zero-order valence-corrected chi connectivity index (χ0v) is 6.94. The topological polar surface area (TPSA) is 44.8 Å². The van der Waals surface area contributed by atoms with Crippen LogP contribution in [0.3, 0.4) is 0 Å². The summed E-state index contributed by atoms with van der Waals surface area (Å²) in [4.78, 5) is 11.2. The number of hydrogen-bond acceptors (Lipinski definition) is 4. The third-order valence-electron chi connectivity index (χ3n) is 1.78. The molecule has 12 heavy (non-hydrogen) atoms. The predicted octanol–water partition coefficient (Wildman–Crippen LogP) is 0.577. The first-order chi connectivity index (χ1) is 5.58. The van der Waals surface area contributed by atoms with E-state index in [0.29, 0.717) is 0 Å². The van der Waals surface area contributed by atoms with Crippen molar-refractivity contribution in [1.82, 2.24) is 0 Å². The lowest BCUT2D eigenvalue weighted by Crippen LogP contribution is -2.34. The molecule has 0 unspecified atom stereocenters. The SMILES string of the molecule is CC1(C)O[C@H]2OC=CC(=O)[C@H]2O1. The molecule has 2 rings (SSSR count). The number of fused-ring (bicyclic) bond motifs is 1. The predicted molar refractivity (Wildman–Crippen MR) is 39.1 cm³/mol. The smallest absolute Gasteiger partial charge is 0.235 e. The lowest BCUT2D eigenvalue weighted by molar-refractivity contribution is -0.176. The minimum Gasteiger partial charge on any atom is -0.469 e. The molecule has 0 amide bonds. The van der Waals surface area contributed by atoms with Crippen molar-refractivity contribution in [2.24, 2.45) is 0 Å². The number of hydrogen-bond donors (Lipinski definition) is 0. The van der Waals surface area contributed by atoms with Crippen LogP contribution < -0.4 is 0 Å². The molecule has 0 saturated carbocycles. The van der Waals surface area contributed by atoms with Crippen molar-refractivity contribution in [2.45, 2.75) is 32.0 Å². The second kappa shape index (κ2) is 2.31. The molecule has 0 spiro atoms. The summed E-state index contributed by atoms with van der Waals surface area (Å²) in [6.07, 6.45) is 1.53. The van der Waals surface area contributed by atoms with Crippen LogP contribution in [0.1, 0.15) is 13.8 Å². The van der Waals surface area contributed by atoms with Crippen LogP contribution in [0.4, 0.5) is 0 Å². The van der Waals surface area contributed by atoms with Crippen molar-refractivity contribution >= 4 is 5.78 Å². The van der Waals surface area contributed by atoms with Crippen LogP contribution in [0.25, 0.3) is 0 Å². The lowest BCUT2D eigenvalue weighted by atomic mass is 10.2. The maximum atomic E-state index is 11.2. The highest BCUT2D eigenvalue weighted by atomic mass is 16.8. The van der Waals surface area contributed by atoms with E-state index in [1.54, 1.807) is 13.8 Å². The molecule has 0 aromatic carbocycles. The number of carbonyl (C=O) groups excluding carboxylic acids is 1. The molecule has 66 valence electrons. The van der Waals surface area contributed by atoms with E-state index in [0.717, 1.165) is 0 Å². The Kier molecular flexibility index (Phi) is 1.49. The van der Waals surface area contributed by atoms with E-state index >= 15 is 0 Å².